The number of benzene rings is 1. The van der Waals surface area contributed by atoms with Gasteiger partial charge in [-0.1, -0.05) is 18.2 Å². The summed E-state index contributed by atoms with van der Waals surface area (Å²) in [6, 6.07) is 5.63. The van der Waals surface area contributed by atoms with Crippen LogP contribution < -0.4 is 5.73 Å². The number of hydrogen-bond acceptors (Lipinski definition) is 7. The summed E-state index contributed by atoms with van der Waals surface area (Å²) in [5.41, 5.74) is 8.92. The number of aryl methyl sites for hydroxylation is 2. The Balaban J connectivity index is 0.000000535. The number of nitrogens with zero attached hydrogens (tertiary/aromatic N) is 1. The maximum absolute atomic E-state index is 11.5. The Bertz CT molecular complexity index is 626. The lowest BCUT2D eigenvalue weighted by Gasteiger charge is -2.23. The number of rotatable bonds is 7. The minimum atomic E-state index is -4.21. The molecule has 0 atom stereocenters. The molecule has 0 fully saturated rings. The molecule has 144 valence electrons. The number of nitrogens with two attached hydrogens (primary N) is 1. The Labute approximate surface area is 149 Å². The molecule has 3 N–H and O–H groups in total. The number of hydrogen-bond donors (Lipinski definition) is 2. The van der Waals surface area contributed by atoms with E-state index in [0.29, 0.717) is 6.61 Å². The number of carbonyl (C=O) groups is 1. The molecule has 0 aromatic heterocycles. The minimum Gasteiger partial charge on any atom is -0.398 e. The molecule has 0 saturated carbocycles. The van der Waals surface area contributed by atoms with E-state index in [1.54, 1.807) is 20.8 Å². The monoisotopic (exact) mass is 376 g/mol. The maximum Gasteiger partial charge on any atom is 0.389 e. The van der Waals surface area contributed by atoms with Gasteiger partial charge in [-0.2, -0.15) is 8.42 Å². The molecule has 0 aliphatic carbocycles. The smallest absolute Gasteiger partial charge is 0.389 e. The summed E-state index contributed by atoms with van der Waals surface area (Å²) in [5, 5.41) is 8.41. The van der Waals surface area contributed by atoms with Crippen LogP contribution in [-0.2, 0) is 24.0 Å². The molecule has 1 aromatic rings. The number of aliphatic hydroxyl groups excluding tert-OH is 1. The van der Waals surface area contributed by atoms with Crippen LogP contribution in [0.2, 0.25) is 0 Å². The third kappa shape index (κ3) is 8.30. The van der Waals surface area contributed by atoms with Crippen molar-refractivity contribution in [3.05, 3.63) is 29.3 Å². The fourth-order valence-electron chi connectivity index (χ4n) is 1.67. The molecule has 0 amide bonds. The van der Waals surface area contributed by atoms with Crippen LogP contribution in [0.3, 0.4) is 0 Å². The molecule has 0 radical (unpaired) electrons. The second-order valence-corrected chi connectivity index (χ2v) is 6.97. The van der Waals surface area contributed by atoms with Crippen LogP contribution in [0.1, 0.15) is 31.9 Å². The van der Waals surface area contributed by atoms with Crippen molar-refractivity contribution in [1.29, 1.82) is 0 Å². The normalized spacial score (nSPS) is 11.2. The molecule has 0 aliphatic heterocycles. The molecular formula is C16H28N2O6S. The summed E-state index contributed by atoms with van der Waals surface area (Å²) in [6.07, 6.45) is 0. The van der Waals surface area contributed by atoms with E-state index in [1.807, 2.05) is 32.0 Å². The highest BCUT2D eigenvalue weighted by Gasteiger charge is 2.28. The van der Waals surface area contributed by atoms with E-state index in [9.17, 15) is 13.2 Å². The summed E-state index contributed by atoms with van der Waals surface area (Å²) < 4.78 is 33.0. The first-order valence-corrected chi connectivity index (χ1v) is 9.17. The van der Waals surface area contributed by atoms with E-state index >= 15 is 0 Å². The molecule has 0 heterocycles. The lowest BCUT2D eigenvalue weighted by molar-refractivity contribution is -0.137. The van der Waals surface area contributed by atoms with Crippen molar-refractivity contribution >= 4 is 22.0 Å². The van der Waals surface area contributed by atoms with E-state index in [1.165, 1.54) is 0 Å². The van der Waals surface area contributed by atoms with Gasteiger partial charge in [0.25, 0.3) is 0 Å². The minimum absolute atomic E-state index is 0.199. The molecule has 0 unspecified atom stereocenters. The standard InChI is InChI=1S/C8H17NO6S.C8H11N/c1-4-14-6-9(7(2)3)16(12,13)15-8(11)5-10;1-6-4-3-5-7(2)8(6)9/h7,10H,4-6H2,1-3H3;3-5H,9H2,1-2H3. The molecule has 1 aromatic carbocycles. The predicted octanol–water partition coefficient (Wildman–Crippen LogP) is 1.36. The SMILES string of the molecule is CCOCN(C(C)C)S(=O)(=O)OC(=O)CO.Cc1cccc(C)c1N. The van der Waals surface area contributed by atoms with Crippen LogP contribution in [0.25, 0.3) is 0 Å². The number of aliphatic hydroxyl groups is 1. The highest BCUT2D eigenvalue weighted by molar-refractivity contribution is 7.84. The van der Waals surface area contributed by atoms with Crippen LogP contribution in [0.4, 0.5) is 5.69 Å². The quantitative estimate of drug-likeness (QED) is 0.544. The average Bonchev–Trinajstić information content (AvgIpc) is 2.52. The third-order valence-corrected chi connectivity index (χ3v) is 4.65. The summed E-state index contributed by atoms with van der Waals surface area (Å²) >= 11 is 0. The first-order valence-electron chi connectivity index (χ1n) is 7.81. The van der Waals surface area contributed by atoms with Crippen molar-refractivity contribution in [1.82, 2.24) is 4.31 Å². The molecule has 0 bridgehead atoms. The highest BCUT2D eigenvalue weighted by atomic mass is 32.2. The van der Waals surface area contributed by atoms with Gasteiger partial charge in [0, 0.05) is 18.3 Å². The fourth-order valence-corrected chi connectivity index (χ4v) is 2.78. The molecule has 8 nitrogen and oxygen atoms in total. The zero-order chi connectivity index (χ0) is 19.6. The summed E-state index contributed by atoms with van der Waals surface area (Å²) in [6.45, 7) is 8.13. The van der Waals surface area contributed by atoms with Crippen molar-refractivity contribution < 1.29 is 27.2 Å². The van der Waals surface area contributed by atoms with Gasteiger partial charge < -0.3 is 19.8 Å². The molecule has 9 heteroatoms. The second-order valence-electron chi connectivity index (χ2n) is 5.48. The maximum atomic E-state index is 11.5. The van der Waals surface area contributed by atoms with Gasteiger partial charge >= 0.3 is 16.3 Å². The largest absolute Gasteiger partial charge is 0.398 e. The molecule has 0 spiro atoms. The molecule has 0 saturated heterocycles. The van der Waals surface area contributed by atoms with Crippen LogP contribution in [0.15, 0.2) is 18.2 Å². The number of anilines is 1. The van der Waals surface area contributed by atoms with Crippen molar-refractivity contribution in [2.75, 3.05) is 25.7 Å². The lowest BCUT2D eigenvalue weighted by Crippen LogP contribution is -2.41. The lowest BCUT2D eigenvalue weighted by atomic mass is 10.1. The zero-order valence-corrected chi connectivity index (χ0v) is 16.2. The van der Waals surface area contributed by atoms with E-state index in [0.717, 1.165) is 21.1 Å². The van der Waals surface area contributed by atoms with Crippen molar-refractivity contribution in [3.63, 3.8) is 0 Å². The zero-order valence-electron chi connectivity index (χ0n) is 15.4. The van der Waals surface area contributed by atoms with Gasteiger partial charge in [-0.25, -0.2) is 4.79 Å². The Morgan fingerprint density at radius 1 is 1.28 bits per heavy atom. The van der Waals surface area contributed by atoms with Crippen LogP contribution in [-0.4, -0.2) is 49.8 Å². The Kier molecular flexibility index (Phi) is 10.3. The van der Waals surface area contributed by atoms with Gasteiger partial charge in [0.1, 0.15) is 13.3 Å². The van der Waals surface area contributed by atoms with E-state index in [-0.39, 0.29) is 6.73 Å². The van der Waals surface area contributed by atoms with Gasteiger partial charge in [-0.15, -0.1) is 4.31 Å². The molecular weight excluding hydrogens is 348 g/mol. The number of carbonyl (C=O) groups excluding carboxylic acids is 1. The molecule has 25 heavy (non-hydrogen) atoms. The van der Waals surface area contributed by atoms with E-state index in [2.05, 4.69) is 4.18 Å². The van der Waals surface area contributed by atoms with E-state index in [4.69, 9.17) is 15.6 Å². The van der Waals surface area contributed by atoms with Gasteiger partial charge in [-0.05, 0) is 45.7 Å². The van der Waals surface area contributed by atoms with E-state index < -0.39 is 28.9 Å². The van der Waals surface area contributed by atoms with Crippen molar-refractivity contribution in [3.8, 4) is 0 Å². The number of ether oxygens (including phenoxy) is 1. The van der Waals surface area contributed by atoms with Gasteiger partial charge in [0.05, 0.1) is 0 Å². The topological polar surface area (TPSA) is 119 Å². The first kappa shape index (κ1) is 23.3. The molecule has 0 aliphatic rings. The van der Waals surface area contributed by atoms with Gasteiger partial charge in [0.2, 0.25) is 0 Å². The Hall–Kier alpha value is -1.68. The predicted molar refractivity (Wildman–Crippen MR) is 95.9 cm³/mol. The van der Waals surface area contributed by atoms with Gasteiger partial charge in [-0.3, -0.25) is 0 Å². The fraction of sp³-hybridized carbons (Fsp3) is 0.562. The number of para-hydroxylation sites is 1. The first-order chi connectivity index (χ1) is 11.6. The Morgan fingerprint density at radius 3 is 2.16 bits per heavy atom. The average molecular weight is 376 g/mol. The third-order valence-electron chi connectivity index (χ3n) is 3.16. The Morgan fingerprint density at radius 2 is 1.80 bits per heavy atom. The number of nitrogen functional groups attached to an aromatic ring is 1. The summed E-state index contributed by atoms with van der Waals surface area (Å²) in [4.78, 5) is 10.7. The summed E-state index contributed by atoms with van der Waals surface area (Å²) in [5.74, 6) is -1.22. The molecule has 1 rings (SSSR count). The highest BCUT2D eigenvalue weighted by Crippen LogP contribution is 2.13. The van der Waals surface area contributed by atoms with Crippen LogP contribution in [0, 0.1) is 13.8 Å². The van der Waals surface area contributed by atoms with Crippen LogP contribution >= 0.6 is 0 Å². The van der Waals surface area contributed by atoms with Gasteiger partial charge in [0.15, 0.2) is 0 Å². The van der Waals surface area contributed by atoms with Crippen LogP contribution in [0.5, 0.6) is 0 Å². The van der Waals surface area contributed by atoms with Crippen molar-refractivity contribution in [2.24, 2.45) is 0 Å². The van der Waals surface area contributed by atoms with Crippen molar-refractivity contribution in [2.45, 2.75) is 40.7 Å². The summed E-state index contributed by atoms with van der Waals surface area (Å²) in [7, 11) is -4.21. The second kappa shape index (κ2) is 11.0.